The molecule has 0 heterocycles. The van der Waals surface area contributed by atoms with Crippen LogP contribution >= 0.6 is 0 Å². The first-order valence-electron chi connectivity index (χ1n) is 3.78. The second-order valence-corrected chi connectivity index (χ2v) is 2.43. The summed E-state index contributed by atoms with van der Waals surface area (Å²) in [7, 11) is 0. The fourth-order valence-electron chi connectivity index (χ4n) is 0.618. The number of hydrogen-bond acceptors (Lipinski definition) is 4. The predicted molar refractivity (Wildman–Crippen MR) is 44.0 cm³/mol. The van der Waals surface area contributed by atoms with Crippen LogP contribution in [-0.4, -0.2) is 34.9 Å². The third kappa shape index (κ3) is 7.02. The molecule has 0 fully saturated rings. The molecular formula is C8H12O5. The normalized spacial score (nSPS) is 12.8. The van der Waals surface area contributed by atoms with Crippen molar-refractivity contribution in [1.29, 1.82) is 0 Å². The standard InChI is InChI=1S/C8H12O5/c1-6(4-5-9)13-8(12)3-2-7(10)11/h2-3,6,9H,4-5H2,1H3,(H,10,11)/b3-2+. The van der Waals surface area contributed by atoms with E-state index in [2.05, 4.69) is 0 Å². The quantitative estimate of drug-likeness (QED) is 0.466. The van der Waals surface area contributed by atoms with E-state index in [4.69, 9.17) is 14.9 Å². The highest BCUT2D eigenvalue weighted by atomic mass is 16.5. The summed E-state index contributed by atoms with van der Waals surface area (Å²) in [4.78, 5) is 20.8. The van der Waals surface area contributed by atoms with E-state index in [0.717, 1.165) is 6.08 Å². The zero-order chi connectivity index (χ0) is 10.3. The van der Waals surface area contributed by atoms with Gasteiger partial charge in [0.2, 0.25) is 0 Å². The van der Waals surface area contributed by atoms with Gasteiger partial charge in [0.25, 0.3) is 0 Å². The van der Waals surface area contributed by atoms with Crippen LogP contribution in [0.5, 0.6) is 0 Å². The smallest absolute Gasteiger partial charge is 0.331 e. The molecule has 0 aromatic rings. The summed E-state index contributed by atoms with van der Waals surface area (Å²) in [6, 6.07) is 0. The Morgan fingerprint density at radius 1 is 1.46 bits per heavy atom. The highest BCUT2D eigenvalue weighted by Crippen LogP contribution is 1.97. The van der Waals surface area contributed by atoms with Gasteiger partial charge >= 0.3 is 11.9 Å². The number of aliphatic carboxylic acids is 1. The maximum Gasteiger partial charge on any atom is 0.331 e. The first kappa shape index (κ1) is 11.6. The molecule has 0 saturated heterocycles. The van der Waals surface area contributed by atoms with Crippen molar-refractivity contribution in [3.8, 4) is 0 Å². The van der Waals surface area contributed by atoms with Gasteiger partial charge in [-0.1, -0.05) is 0 Å². The van der Waals surface area contributed by atoms with Gasteiger partial charge in [-0.2, -0.15) is 0 Å². The van der Waals surface area contributed by atoms with E-state index in [1.807, 2.05) is 0 Å². The van der Waals surface area contributed by atoms with E-state index in [1.54, 1.807) is 6.92 Å². The van der Waals surface area contributed by atoms with Crippen molar-refractivity contribution in [3.63, 3.8) is 0 Å². The first-order chi connectivity index (χ1) is 6.06. The molecular weight excluding hydrogens is 176 g/mol. The van der Waals surface area contributed by atoms with Crippen LogP contribution in [0.2, 0.25) is 0 Å². The highest BCUT2D eigenvalue weighted by molar-refractivity contribution is 5.90. The molecule has 5 nitrogen and oxygen atoms in total. The molecule has 0 aromatic carbocycles. The molecule has 0 spiro atoms. The molecule has 1 atom stereocenters. The van der Waals surface area contributed by atoms with E-state index >= 15 is 0 Å². The number of carboxylic acids is 1. The van der Waals surface area contributed by atoms with Crippen LogP contribution in [0, 0.1) is 0 Å². The number of carbonyl (C=O) groups excluding carboxylic acids is 1. The van der Waals surface area contributed by atoms with Crippen molar-refractivity contribution >= 4 is 11.9 Å². The third-order valence-electron chi connectivity index (χ3n) is 1.21. The van der Waals surface area contributed by atoms with Crippen LogP contribution in [0.25, 0.3) is 0 Å². The number of esters is 1. The van der Waals surface area contributed by atoms with Crippen molar-refractivity contribution in [1.82, 2.24) is 0 Å². The maximum atomic E-state index is 10.8. The first-order valence-corrected chi connectivity index (χ1v) is 3.78. The Morgan fingerprint density at radius 2 is 2.08 bits per heavy atom. The molecule has 0 aliphatic rings. The Labute approximate surface area is 75.6 Å². The summed E-state index contributed by atoms with van der Waals surface area (Å²) in [6.07, 6.45) is 1.47. The number of carbonyl (C=O) groups is 2. The molecule has 0 aromatic heterocycles. The number of hydrogen-bond donors (Lipinski definition) is 2. The molecule has 5 heteroatoms. The van der Waals surface area contributed by atoms with Crippen LogP contribution in [0.15, 0.2) is 12.2 Å². The molecule has 2 N–H and O–H groups in total. The SMILES string of the molecule is CC(CCO)OC(=O)/C=C/C(=O)O. The number of carboxylic acid groups (broad SMARTS) is 1. The summed E-state index contributed by atoms with van der Waals surface area (Å²) in [5, 5.41) is 16.6. The minimum absolute atomic E-state index is 0.0723. The van der Waals surface area contributed by atoms with Gasteiger partial charge in [-0.05, 0) is 6.92 Å². The Bertz CT molecular complexity index is 209. The third-order valence-corrected chi connectivity index (χ3v) is 1.21. The van der Waals surface area contributed by atoms with E-state index in [-0.39, 0.29) is 6.61 Å². The molecule has 74 valence electrons. The second kappa shape index (κ2) is 6.19. The highest BCUT2D eigenvalue weighted by Gasteiger charge is 2.05. The van der Waals surface area contributed by atoms with E-state index in [0.29, 0.717) is 12.5 Å². The van der Waals surface area contributed by atoms with Gasteiger partial charge in [-0.15, -0.1) is 0 Å². The zero-order valence-corrected chi connectivity index (χ0v) is 7.27. The van der Waals surface area contributed by atoms with Gasteiger partial charge < -0.3 is 14.9 Å². The van der Waals surface area contributed by atoms with Crippen LogP contribution < -0.4 is 0 Å². The molecule has 0 amide bonds. The van der Waals surface area contributed by atoms with Gasteiger partial charge in [0.1, 0.15) is 6.10 Å². The summed E-state index contributed by atoms with van der Waals surface area (Å²) in [5.41, 5.74) is 0. The van der Waals surface area contributed by atoms with Crippen LogP contribution in [-0.2, 0) is 14.3 Å². The summed E-state index contributed by atoms with van der Waals surface area (Å²) < 4.78 is 4.69. The number of ether oxygens (including phenoxy) is 1. The molecule has 0 radical (unpaired) electrons. The monoisotopic (exact) mass is 188 g/mol. The van der Waals surface area contributed by atoms with Crippen LogP contribution in [0.4, 0.5) is 0 Å². The van der Waals surface area contributed by atoms with E-state index in [1.165, 1.54) is 0 Å². The van der Waals surface area contributed by atoms with Gasteiger partial charge in [-0.3, -0.25) is 0 Å². The Morgan fingerprint density at radius 3 is 2.54 bits per heavy atom. The molecule has 13 heavy (non-hydrogen) atoms. The lowest BCUT2D eigenvalue weighted by molar-refractivity contribution is -0.143. The Kier molecular flexibility index (Phi) is 5.54. The Balaban J connectivity index is 3.80. The fraction of sp³-hybridized carbons (Fsp3) is 0.500. The summed E-state index contributed by atoms with van der Waals surface area (Å²) in [6.45, 7) is 1.54. The summed E-state index contributed by atoms with van der Waals surface area (Å²) in [5.74, 6) is -1.92. The largest absolute Gasteiger partial charge is 0.478 e. The number of aliphatic hydroxyl groups is 1. The number of rotatable bonds is 5. The van der Waals surface area contributed by atoms with Crippen molar-refractivity contribution in [2.75, 3.05) is 6.61 Å². The second-order valence-electron chi connectivity index (χ2n) is 2.43. The molecule has 0 bridgehead atoms. The average Bonchev–Trinajstić information content (AvgIpc) is 2.01. The fourth-order valence-corrected chi connectivity index (χ4v) is 0.618. The minimum atomic E-state index is -1.20. The van der Waals surface area contributed by atoms with Crippen molar-refractivity contribution in [3.05, 3.63) is 12.2 Å². The molecule has 0 rings (SSSR count). The average molecular weight is 188 g/mol. The van der Waals surface area contributed by atoms with Crippen molar-refractivity contribution in [2.45, 2.75) is 19.4 Å². The predicted octanol–water partition coefficient (Wildman–Crippen LogP) is -0.0587. The molecule has 0 saturated carbocycles. The lowest BCUT2D eigenvalue weighted by Crippen LogP contribution is -2.14. The topological polar surface area (TPSA) is 83.8 Å². The molecule has 1 unspecified atom stereocenters. The van der Waals surface area contributed by atoms with Gasteiger partial charge in [0, 0.05) is 25.2 Å². The van der Waals surface area contributed by atoms with Crippen molar-refractivity contribution < 1.29 is 24.5 Å². The lowest BCUT2D eigenvalue weighted by atomic mass is 10.3. The van der Waals surface area contributed by atoms with Crippen molar-refractivity contribution in [2.24, 2.45) is 0 Å². The van der Waals surface area contributed by atoms with Crippen LogP contribution in [0.1, 0.15) is 13.3 Å². The summed E-state index contributed by atoms with van der Waals surface area (Å²) >= 11 is 0. The van der Waals surface area contributed by atoms with Gasteiger partial charge in [0.15, 0.2) is 0 Å². The van der Waals surface area contributed by atoms with E-state index in [9.17, 15) is 9.59 Å². The van der Waals surface area contributed by atoms with Gasteiger partial charge in [-0.25, -0.2) is 9.59 Å². The minimum Gasteiger partial charge on any atom is -0.478 e. The molecule has 0 aliphatic carbocycles. The maximum absolute atomic E-state index is 10.8. The van der Waals surface area contributed by atoms with Crippen LogP contribution in [0.3, 0.4) is 0 Å². The molecule has 0 aliphatic heterocycles. The number of aliphatic hydroxyl groups excluding tert-OH is 1. The Hall–Kier alpha value is -1.36. The lowest BCUT2D eigenvalue weighted by Gasteiger charge is -2.08. The zero-order valence-electron chi connectivity index (χ0n) is 7.27. The van der Waals surface area contributed by atoms with Gasteiger partial charge in [0.05, 0.1) is 0 Å². The van der Waals surface area contributed by atoms with E-state index < -0.39 is 18.0 Å².